The summed E-state index contributed by atoms with van der Waals surface area (Å²) in [4.78, 5) is 0. The third-order valence-corrected chi connectivity index (χ3v) is 12.8. The van der Waals surface area contributed by atoms with Gasteiger partial charge in [-0.3, -0.25) is 0 Å². The van der Waals surface area contributed by atoms with E-state index in [0.717, 1.165) is 5.16 Å². The average molecular weight is 277 g/mol. The van der Waals surface area contributed by atoms with Crippen LogP contribution >= 0.6 is 0 Å². The van der Waals surface area contributed by atoms with Crippen LogP contribution in [0.15, 0.2) is 36.4 Å². The lowest BCUT2D eigenvalue weighted by Gasteiger charge is -2.36. The van der Waals surface area contributed by atoms with Gasteiger partial charge in [0.15, 0.2) is 0 Å². The summed E-state index contributed by atoms with van der Waals surface area (Å²) in [6.07, 6.45) is 2.58. The van der Waals surface area contributed by atoms with E-state index in [9.17, 15) is 0 Å². The quantitative estimate of drug-likeness (QED) is 0.621. The van der Waals surface area contributed by atoms with Crippen molar-refractivity contribution in [1.82, 2.24) is 0 Å². The number of benzene rings is 1. The van der Waals surface area contributed by atoms with Gasteiger partial charge in [-0.2, -0.15) is 0 Å². The maximum Gasteiger partial charge on any atom is 0.0486 e. The molecule has 1 aromatic carbocycles. The highest BCUT2D eigenvalue weighted by Crippen LogP contribution is 2.35. The third kappa shape index (κ3) is 4.25. The normalized spacial score (nSPS) is 14.1. The van der Waals surface area contributed by atoms with Crippen molar-refractivity contribution in [3.63, 3.8) is 0 Å². The molecule has 0 N–H and O–H groups in total. The molecule has 18 heavy (non-hydrogen) atoms. The molecule has 0 unspecified atom stereocenters. The largest absolute Gasteiger partial charge is 0.0832 e. The average Bonchev–Trinajstić information content (AvgIpc) is 2.23. The van der Waals surface area contributed by atoms with Crippen LogP contribution in [0.5, 0.6) is 0 Å². The fourth-order valence-electron chi connectivity index (χ4n) is 2.85. The molecule has 0 aliphatic heterocycles. The van der Waals surface area contributed by atoms with E-state index >= 15 is 0 Å². The molecule has 0 heterocycles. The summed E-state index contributed by atoms with van der Waals surface area (Å²) in [5, 5.41) is 0.838. The number of allylic oxidation sites excluding steroid dienone is 2. The van der Waals surface area contributed by atoms with Crippen LogP contribution in [-0.4, -0.2) is 16.1 Å². The molecule has 0 aromatic heterocycles. The van der Waals surface area contributed by atoms with Crippen LogP contribution < -0.4 is 0 Å². The summed E-state index contributed by atoms with van der Waals surface area (Å²) in [5.74, 6) is 0. The summed E-state index contributed by atoms with van der Waals surface area (Å²) >= 11 is 0. The third-order valence-electron chi connectivity index (χ3n) is 3.51. The molecule has 0 aliphatic carbocycles. The van der Waals surface area contributed by atoms with E-state index in [1.807, 2.05) is 0 Å². The van der Waals surface area contributed by atoms with Gasteiger partial charge in [-0.25, -0.2) is 0 Å². The van der Waals surface area contributed by atoms with Crippen LogP contribution in [0.25, 0.3) is 5.57 Å². The van der Waals surface area contributed by atoms with Gasteiger partial charge in [0, 0.05) is 16.1 Å². The van der Waals surface area contributed by atoms with Crippen molar-refractivity contribution in [2.75, 3.05) is 0 Å². The van der Waals surface area contributed by atoms with Crippen molar-refractivity contribution in [1.29, 1.82) is 0 Å². The SMILES string of the molecule is C/C(=C/C([Si](C)(C)C)[Si](C)(C)C)c1ccccc1. The Morgan fingerprint density at radius 2 is 1.33 bits per heavy atom. The number of hydrogen-bond donors (Lipinski definition) is 0. The monoisotopic (exact) mass is 276 g/mol. The van der Waals surface area contributed by atoms with Crippen LogP contribution in [-0.2, 0) is 0 Å². The van der Waals surface area contributed by atoms with Gasteiger partial charge < -0.3 is 0 Å². The molecule has 1 aromatic rings. The van der Waals surface area contributed by atoms with Crippen LogP contribution in [0.1, 0.15) is 12.5 Å². The van der Waals surface area contributed by atoms with Gasteiger partial charge in [-0.1, -0.05) is 75.7 Å². The second-order valence-electron chi connectivity index (χ2n) is 7.43. The Morgan fingerprint density at radius 3 is 1.72 bits per heavy atom. The number of hydrogen-bond acceptors (Lipinski definition) is 0. The first kappa shape index (κ1) is 15.5. The predicted molar refractivity (Wildman–Crippen MR) is 90.5 cm³/mol. The minimum absolute atomic E-state index is 0.838. The van der Waals surface area contributed by atoms with Crippen LogP contribution in [0, 0.1) is 0 Å². The van der Waals surface area contributed by atoms with E-state index < -0.39 is 16.1 Å². The zero-order valence-corrected chi connectivity index (χ0v) is 15.0. The molecule has 1 rings (SSSR count). The van der Waals surface area contributed by atoms with Crippen molar-refractivity contribution < 1.29 is 0 Å². The maximum absolute atomic E-state index is 2.58. The molecule has 0 fully saturated rings. The van der Waals surface area contributed by atoms with E-state index in [1.165, 1.54) is 11.1 Å². The first-order valence-electron chi connectivity index (χ1n) is 6.86. The fraction of sp³-hybridized carbons (Fsp3) is 0.500. The smallest absolute Gasteiger partial charge is 0.0486 e. The van der Waals surface area contributed by atoms with E-state index in [-0.39, 0.29) is 0 Å². The Kier molecular flexibility index (Phi) is 4.79. The summed E-state index contributed by atoms with van der Waals surface area (Å²) in [6.45, 7) is 17.3. The molecule has 0 amide bonds. The molecule has 2 heteroatoms. The lowest BCUT2D eigenvalue weighted by Crippen LogP contribution is -2.42. The summed E-state index contributed by atoms with van der Waals surface area (Å²) in [6, 6.07) is 10.8. The van der Waals surface area contributed by atoms with Crippen molar-refractivity contribution in [2.24, 2.45) is 0 Å². The van der Waals surface area contributed by atoms with Gasteiger partial charge in [0.1, 0.15) is 0 Å². The zero-order valence-electron chi connectivity index (χ0n) is 13.0. The Morgan fingerprint density at radius 1 is 0.889 bits per heavy atom. The molecular weight excluding hydrogens is 248 g/mol. The zero-order chi connectivity index (χ0) is 14.0. The highest BCUT2D eigenvalue weighted by Gasteiger charge is 2.35. The molecule has 0 atom stereocenters. The van der Waals surface area contributed by atoms with Gasteiger partial charge in [0.2, 0.25) is 0 Å². The topological polar surface area (TPSA) is 0 Å². The molecule has 0 aliphatic rings. The standard InChI is InChI=1S/C16H28Si2/c1-14(15-11-9-8-10-12-15)13-16(17(2,3)4)18(5,6)7/h8-13,16H,1-7H3/b14-13-. The molecule has 0 spiro atoms. The van der Waals surface area contributed by atoms with Crippen LogP contribution in [0.2, 0.25) is 44.4 Å². The fourth-order valence-corrected chi connectivity index (χ4v) is 14.7. The van der Waals surface area contributed by atoms with Gasteiger partial charge >= 0.3 is 0 Å². The summed E-state index contributed by atoms with van der Waals surface area (Å²) in [7, 11) is -2.26. The first-order chi connectivity index (χ1) is 8.12. The molecular formula is C16H28Si2. The molecule has 100 valence electrons. The first-order valence-corrected chi connectivity index (χ1v) is 14.0. The lowest BCUT2D eigenvalue weighted by molar-refractivity contribution is 1.30. The number of rotatable bonds is 4. The maximum atomic E-state index is 2.58. The van der Waals surface area contributed by atoms with Crippen LogP contribution in [0.4, 0.5) is 0 Å². The minimum atomic E-state index is -1.13. The highest BCUT2D eigenvalue weighted by molar-refractivity contribution is 6.97. The van der Waals surface area contributed by atoms with Gasteiger partial charge in [-0.05, 0) is 23.2 Å². The Balaban J connectivity index is 3.11. The summed E-state index contributed by atoms with van der Waals surface area (Å²) < 4.78 is 0. The van der Waals surface area contributed by atoms with Crippen molar-refractivity contribution in [3.8, 4) is 0 Å². The van der Waals surface area contributed by atoms with Gasteiger partial charge in [0.05, 0.1) is 0 Å². The lowest BCUT2D eigenvalue weighted by atomic mass is 10.1. The van der Waals surface area contributed by atoms with Crippen molar-refractivity contribution >= 4 is 21.7 Å². The molecule has 0 saturated heterocycles. The molecule has 0 bridgehead atoms. The minimum Gasteiger partial charge on any atom is -0.0832 e. The second kappa shape index (κ2) is 5.58. The van der Waals surface area contributed by atoms with Crippen LogP contribution in [0.3, 0.4) is 0 Å². The second-order valence-corrected chi connectivity index (χ2v) is 18.7. The Bertz CT molecular complexity index is 391. The van der Waals surface area contributed by atoms with E-state index in [2.05, 4.69) is 82.6 Å². The van der Waals surface area contributed by atoms with Crippen molar-refractivity contribution in [2.45, 2.75) is 51.4 Å². The van der Waals surface area contributed by atoms with E-state index in [1.54, 1.807) is 0 Å². The van der Waals surface area contributed by atoms with Gasteiger partial charge in [0.25, 0.3) is 0 Å². The van der Waals surface area contributed by atoms with E-state index in [0.29, 0.717) is 0 Å². The van der Waals surface area contributed by atoms with E-state index in [4.69, 9.17) is 0 Å². The summed E-state index contributed by atoms with van der Waals surface area (Å²) in [5.41, 5.74) is 2.82. The Labute approximate surface area is 115 Å². The van der Waals surface area contributed by atoms with Crippen molar-refractivity contribution in [3.05, 3.63) is 42.0 Å². The van der Waals surface area contributed by atoms with Gasteiger partial charge in [-0.15, -0.1) is 0 Å². The Hall–Kier alpha value is -0.606. The molecule has 0 radical (unpaired) electrons. The molecule has 0 saturated carbocycles. The predicted octanol–water partition coefficient (Wildman–Crippen LogP) is 5.68. The highest BCUT2D eigenvalue weighted by atomic mass is 28.4. The molecule has 0 nitrogen and oxygen atoms in total.